The molecule has 1 saturated heterocycles. The minimum absolute atomic E-state index is 0.246. The summed E-state index contributed by atoms with van der Waals surface area (Å²) in [6.45, 7) is 4.30. The normalized spacial score (nSPS) is 16.0. The Bertz CT molecular complexity index is 671. The first kappa shape index (κ1) is 20.1. The van der Waals surface area contributed by atoms with Crippen LogP contribution in [-0.2, 0) is 10.0 Å². The Morgan fingerprint density at radius 2 is 1.96 bits per heavy atom. The summed E-state index contributed by atoms with van der Waals surface area (Å²) in [5, 5.41) is 6.75. The van der Waals surface area contributed by atoms with Crippen molar-refractivity contribution >= 4 is 33.0 Å². The minimum Gasteiger partial charge on any atom is -0.362 e. The second-order valence-corrected chi connectivity index (χ2v) is 9.01. The van der Waals surface area contributed by atoms with Crippen LogP contribution in [0.5, 0.6) is 0 Å². The van der Waals surface area contributed by atoms with Crippen LogP contribution in [0, 0.1) is 0 Å². The number of rotatable bonds is 7. The number of piperidine rings is 1. The number of sulfonamides is 1. The minimum atomic E-state index is -3.44. The van der Waals surface area contributed by atoms with Crippen molar-refractivity contribution < 1.29 is 8.42 Å². The number of hydrogen-bond donors (Lipinski definition) is 2. The smallest absolute Gasteiger partial charge is 0.242 e. The molecule has 2 N–H and O–H groups in total. The molecule has 8 heteroatoms. The second kappa shape index (κ2) is 9.47. The molecule has 0 amide bonds. The van der Waals surface area contributed by atoms with E-state index in [1.807, 2.05) is 0 Å². The van der Waals surface area contributed by atoms with E-state index in [2.05, 4.69) is 15.5 Å². The largest absolute Gasteiger partial charge is 0.362 e. The molecule has 0 bridgehead atoms. The molecule has 0 aliphatic carbocycles. The molecule has 6 nitrogen and oxygen atoms in total. The van der Waals surface area contributed by atoms with Gasteiger partial charge in [0, 0.05) is 26.3 Å². The van der Waals surface area contributed by atoms with Gasteiger partial charge in [-0.2, -0.15) is 0 Å². The first-order chi connectivity index (χ1) is 11.9. The monoisotopic (exact) mass is 384 g/mol. The van der Waals surface area contributed by atoms with Crippen LogP contribution in [-0.4, -0.2) is 63.0 Å². The first-order valence-corrected chi connectivity index (χ1v) is 10.5. The number of benzene rings is 1. The molecule has 0 unspecified atom stereocenters. The van der Waals surface area contributed by atoms with Gasteiger partial charge >= 0.3 is 0 Å². The SMILES string of the molecule is CN(C)S(=O)(=O)c1cccc(NC(=S)NCCCN2CCCCC2)c1. The van der Waals surface area contributed by atoms with Crippen molar-refractivity contribution in [2.24, 2.45) is 0 Å². The fourth-order valence-electron chi connectivity index (χ4n) is 2.81. The molecular weight excluding hydrogens is 356 g/mol. The summed E-state index contributed by atoms with van der Waals surface area (Å²) in [6, 6.07) is 6.68. The third-order valence-electron chi connectivity index (χ3n) is 4.26. The lowest BCUT2D eigenvalue weighted by Crippen LogP contribution is -2.34. The Kier molecular flexibility index (Phi) is 7.61. The fraction of sp³-hybridized carbons (Fsp3) is 0.588. The summed E-state index contributed by atoms with van der Waals surface area (Å²) < 4.78 is 25.6. The standard InChI is InChI=1S/C17H28N4O2S2/c1-20(2)25(22,23)16-9-6-8-15(14-16)19-17(24)18-10-7-13-21-11-4-3-5-12-21/h6,8-9,14H,3-5,7,10-13H2,1-2H3,(H2,18,19,24). The molecule has 1 heterocycles. The molecular formula is C17H28N4O2S2. The van der Waals surface area contributed by atoms with Crippen molar-refractivity contribution in [1.82, 2.24) is 14.5 Å². The molecule has 25 heavy (non-hydrogen) atoms. The third-order valence-corrected chi connectivity index (χ3v) is 6.31. The molecule has 1 aromatic carbocycles. The maximum atomic E-state index is 12.2. The van der Waals surface area contributed by atoms with Crippen LogP contribution in [0.25, 0.3) is 0 Å². The van der Waals surface area contributed by atoms with Gasteiger partial charge in [0.25, 0.3) is 0 Å². The summed E-state index contributed by atoms with van der Waals surface area (Å²) in [6.07, 6.45) is 5.00. The highest BCUT2D eigenvalue weighted by molar-refractivity contribution is 7.89. The Hall–Kier alpha value is -1.22. The van der Waals surface area contributed by atoms with E-state index in [0.717, 1.165) is 19.5 Å². The predicted octanol–water partition coefficient (Wildman–Crippen LogP) is 2.10. The molecule has 1 aliphatic heterocycles. The number of thiocarbonyl (C=S) groups is 1. The van der Waals surface area contributed by atoms with Gasteiger partial charge in [0.2, 0.25) is 10.0 Å². The highest BCUT2D eigenvalue weighted by Gasteiger charge is 2.17. The molecule has 0 saturated carbocycles. The maximum absolute atomic E-state index is 12.2. The predicted molar refractivity (Wildman–Crippen MR) is 106 cm³/mol. The summed E-state index contributed by atoms with van der Waals surface area (Å²) in [5.41, 5.74) is 0.663. The summed E-state index contributed by atoms with van der Waals surface area (Å²) in [7, 11) is -0.409. The summed E-state index contributed by atoms with van der Waals surface area (Å²) in [4.78, 5) is 2.74. The van der Waals surface area contributed by atoms with Crippen LogP contribution in [0.15, 0.2) is 29.2 Å². The number of nitrogens with one attached hydrogen (secondary N) is 2. The average Bonchev–Trinajstić information content (AvgIpc) is 2.60. The lowest BCUT2D eigenvalue weighted by Gasteiger charge is -2.26. The molecule has 0 spiro atoms. The maximum Gasteiger partial charge on any atom is 0.242 e. The Labute approximate surface area is 156 Å². The zero-order chi connectivity index (χ0) is 18.3. The van der Waals surface area contributed by atoms with Gasteiger partial charge in [-0.15, -0.1) is 0 Å². The highest BCUT2D eigenvalue weighted by Crippen LogP contribution is 2.17. The van der Waals surface area contributed by atoms with Crippen LogP contribution in [0.2, 0.25) is 0 Å². The topological polar surface area (TPSA) is 64.7 Å². The molecule has 140 valence electrons. The Morgan fingerprint density at radius 3 is 2.64 bits per heavy atom. The van der Waals surface area contributed by atoms with E-state index in [0.29, 0.717) is 10.8 Å². The van der Waals surface area contributed by atoms with Crippen LogP contribution < -0.4 is 10.6 Å². The van der Waals surface area contributed by atoms with Gasteiger partial charge in [0.05, 0.1) is 4.90 Å². The second-order valence-electron chi connectivity index (χ2n) is 6.45. The van der Waals surface area contributed by atoms with E-state index in [9.17, 15) is 8.42 Å². The van der Waals surface area contributed by atoms with Gasteiger partial charge in [0.15, 0.2) is 5.11 Å². The number of anilines is 1. The highest BCUT2D eigenvalue weighted by atomic mass is 32.2. The lowest BCUT2D eigenvalue weighted by molar-refractivity contribution is 0.227. The Morgan fingerprint density at radius 1 is 1.24 bits per heavy atom. The van der Waals surface area contributed by atoms with Gasteiger partial charge in [-0.1, -0.05) is 12.5 Å². The fourth-order valence-corrected chi connectivity index (χ4v) is 3.98. The van der Waals surface area contributed by atoms with Crippen molar-refractivity contribution in [1.29, 1.82) is 0 Å². The summed E-state index contributed by atoms with van der Waals surface area (Å²) >= 11 is 5.30. The number of likely N-dealkylation sites (tertiary alicyclic amines) is 1. The van der Waals surface area contributed by atoms with E-state index in [4.69, 9.17) is 12.2 Å². The number of hydrogen-bond acceptors (Lipinski definition) is 4. The molecule has 1 fully saturated rings. The zero-order valence-electron chi connectivity index (χ0n) is 15.0. The first-order valence-electron chi connectivity index (χ1n) is 8.69. The third kappa shape index (κ3) is 6.22. The van der Waals surface area contributed by atoms with Gasteiger partial charge < -0.3 is 15.5 Å². The molecule has 0 aromatic heterocycles. The van der Waals surface area contributed by atoms with Crippen molar-refractivity contribution in [3.63, 3.8) is 0 Å². The number of nitrogens with zero attached hydrogens (tertiary/aromatic N) is 2. The van der Waals surface area contributed by atoms with Crippen molar-refractivity contribution in [2.75, 3.05) is 45.6 Å². The van der Waals surface area contributed by atoms with Gasteiger partial charge in [0.1, 0.15) is 0 Å². The van der Waals surface area contributed by atoms with E-state index in [-0.39, 0.29) is 4.90 Å². The molecule has 1 aliphatic rings. The van der Waals surface area contributed by atoms with Crippen LogP contribution in [0.1, 0.15) is 25.7 Å². The lowest BCUT2D eigenvalue weighted by atomic mass is 10.1. The van der Waals surface area contributed by atoms with Gasteiger partial charge in [-0.25, -0.2) is 12.7 Å². The van der Waals surface area contributed by atoms with Crippen LogP contribution in [0.4, 0.5) is 5.69 Å². The quantitative estimate of drug-likeness (QED) is 0.554. The van der Waals surface area contributed by atoms with E-state index in [1.165, 1.54) is 50.8 Å². The van der Waals surface area contributed by atoms with E-state index < -0.39 is 10.0 Å². The van der Waals surface area contributed by atoms with Crippen molar-refractivity contribution in [3.05, 3.63) is 24.3 Å². The Balaban J connectivity index is 1.78. The van der Waals surface area contributed by atoms with Gasteiger partial charge in [-0.05, 0) is 69.3 Å². The van der Waals surface area contributed by atoms with Crippen LogP contribution >= 0.6 is 12.2 Å². The molecule has 1 aromatic rings. The molecule has 2 rings (SSSR count). The van der Waals surface area contributed by atoms with Gasteiger partial charge in [-0.3, -0.25) is 0 Å². The average molecular weight is 385 g/mol. The van der Waals surface area contributed by atoms with Crippen LogP contribution in [0.3, 0.4) is 0 Å². The van der Waals surface area contributed by atoms with E-state index in [1.54, 1.807) is 24.3 Å². The van der Waals surface area contributed by atoms with E-state index >= 15 is 0 Å². The van der Waals surface area contributed by atoms with Crippen molar-refractivity contribution in [3.8, 4) is 0 Å². The summed E-state index contributed by atoms with van der Waals surface area (Å²) in [5.74, 6) is 0. The molecule has 0 atom stereocenters. The molecule has 0 radical (unpaired) electrons. The van der Waals surface area contributed by atoms with Crippen molar-refractivity contribution in [2.45, 2.75) is 30.6 Å². The zero-order valence-corrected chi connectivity index (χ0v) is 16.6.